The summed E-state index contributed by atoms with van der Waals surface area (Å²) in [4.78, 5) is 1.23. The van der Waals surface area contributed by atoms with Crippen molar-refractivity contribution >= 4 is 0 Å². The highest BCUT2D eigenvalue weighted by atomic mass is 19.2. The van der Waals surface area contributed by atoms with Gasteiger partial charge in [-0.15, -0.1) is 0 Å². The zero-order valence-corrected chi connectivity index (χ0v) is 10.3. The molecule has 0 amide bonds. The zero-order valence-electron chi connectivity index (χ0n) is 10.3. The number of aliphatic hydroxyl groups excluding tert-OH is 1. The molecule has 1 aromatic rings. The molecular weight excluding hydrogens is 238 g/mol. The van der Waals surface area contributed by atoms with Crippen molar-refractivity contribution in [2.45, 2.75) is 19.0 Å². The summed E-state index contributed by atoms with van der Waals surface area (Å²) in [6, 6.07) is 4.64. The average molecular weight is 258 g/mol. The molecule has 2 atom stereocenters. The lowest BCUT2D eigenvalue weighted by Crippen LogP contribution is -3.23. The predicted molar refractivity (Wildman–Crippen MR) is 63.0 cm³/mol. The van der Waals surface area contributed by atoms with Gasteiger partial charge in [0, 0.05) is 18.6 Å². The van der Waals surface area contributed by atoms with Crippen LogP contribution in [0, 0.1) is 11.6 Å². The fraction of sp³-hybridized carbons (Fsp3) is 0.538. The van der Waals surface area contributed by atoms with E-state index in [0.29, 0.717) is 24.6 Å². The Labute approximate surface area is 105 Å². The molecule has 1 aromatic carbocycles. The van der Waals surface area contributed by atoms with Crippen LogP contribution in [0.3, 0.4) is 0 Å². The van der Waals surface area contributed by atoms with Crippen LogP contribution in [0.4, 0.5) is 8.78 Å². The van der Waals surface area contributed by atoms with E-state index in [2.05, 4.69) is 5.32 Å². The molecular formula is C13H20F2N2O+2. The maximum Gasteiger partial charge on any atom is 0.167 e. The van der Waals surface area contributed by atoms with Crippen molar-refractivity contribution in [3.05, 3.63) is 35.4 Å². The van der Waals surface area contributed by atoms with Crippen LogP contribution < -0.4 is 10.2 Å². The van der Waals surface area contributed by atoms with Crippen molar-refractivity contribution < 1.29 is 24.1 Å². The van der Waals surface area contributed by atoms with Crippen LogP contribution in [-0.2, 0) is 6.54 Å². The van der Waals surface area contributed by atoms with Gasteiger partial charge in [-0.3, -0.25) is 0 Å². The van der Waals surface area contributed by atoms with E-state index >= 15 is 0 Å². The van der Waals surface area contributed by atoms with Gasteiger partial charge in [-0.25, -0.2) is 8.78 Å². The van der Waals surface area contributed by atoms with Gasteiger partial charge >= 0.3 is 0 Å². The Bertz CT molecular complexity index is 399. The minimum atomic E-state index is -0.783. The summed E-state index contributed by atoms with van der Waals surface area (Å²) < 4.78 is 26.8. The Balaban J connectivity index is 2.08. The molecule has 100 valence electrons. The van der Waals surface area contributed by atoms with Gasteiger partial charge in [0.2, 0.25) is 0 Å². The SMILES string of the molecule is OCCC1C[NH2+]CC[NH+]1Cc1cccc(F)c1F. The third kappa shape index (κ3) is 3.04. The molecule has 1 saturated heterocycles. The molecule has 0 aliphatic carbocycles. The second-order valence-corrected chi connectivity index (χ2v) is 4.82. The van der Waals surface area contributed by atoms with Gasteiger partial charge in [-0.1, -0.05) is 12.1 Å². The van der Waals surface area contributed by atoms with Crippen LogP contribution in [0.15, 0.2) is 18.2 Å². The van der Waals surface area contributed by atoms with E-state index in [4.69, 9.17) is 5.11 Å². The molecule has 1 fully saturated rings. The number of rotatable bonds is 4. The standard InChI is InChI=1S/C13H18F2N2O/c14-12-3-1-2-10(13(12)15)9-17-6-5-16-8-11(17)4-7-18/h1-3,11,16,18H,4-9H2/p+2. The Morgan fingerprint density at radius 3 is 3.00 bits per heavy atom. The number of benzene rings is 1. The van der Waals surface area contributed by atoms with Crippen LogP contribution in [-0.4, -0.2) is 37.4 Å². The van der Waals surface area contributed by atoms with Crippen molar-refractivity contribution in [3.63, 3.8) is 0 Å². The number of hydrogen-bond acceptors (Lipinski definition) is 1. The van der Waals surface area contributed by atoms with E-state index in [1.54, 1.807) is 12.1 Å². The molecule has 5 heteroatoms. The molecule has 1 heterocycles. The van der Waals surface area contributed by atoms with E-state index in [0.717, 1.165) is 25.7 Å². The van der Waals surface area contributed by atoms with Crippen molar-refractivity contribution in [1.82, 2.24) is 0 Å². The number of halogens is 2. The highest BCUT2D eigenvalue weighted by Gasteiger charge is 2.29. The second-order valence-electron chi connectivity index (χ2n) is 4.82. The number of aliphatic hydroxyl groups is 1. The first-order valence-electron chi connectivity index (χ1n) is 6.42. The summed E-state index contributed by atoms with van der Waals surface area (Å²) in [5.74, 6) is -1.52. The van der Waals surface area contributed by atoms with E-state index in [-0.39, 0.29) is 6.61 Å². The Morgan fingerprint density at radius 1 is 1.39 bits per heavy atom. The molecule has 2 unspecified atom stereocenters. The highest BCUT2D eigenvalue weighted by Crippen LogP contribution is 2.10. The summed E-state index contributed by atoms with van der Waals surface area (Å²) in [7, 11) is 0. The molecule has 18 heavy (non-hydrogen) atoms. The molecule has 0 radical (unpaired) electrons. The lowest BCUT2D eigenvalue weighted by Gasteiger charge is -2.30. The number of hydrogen-bond donors (Lipinski definition) is 3. The minimum absolute atomic E-state index is 0.146. The largest absolute Gasteiger partial charge is 0.396 e. The number of piperazine rings is 1. The molecule has 0 saturated carbocycles. The smallest absolute Gasteiger partial charge is 0.167 e. The number of nitrogens with one attached hydrogen (secondary N) is 1. The van der Waals surface area contributed by atoms with Crippen LogP contribution in [0.25, 0.3) is 0 Å². The predicted octanol–water partition coefficient (Wildman–Crippen LogP) is -1.32. The fourth-order valence-corrected chi connectivity index (χ4v) is 2.62. The Morgan fingerprint density at radius 2 is 2.22 bits per heavy atom. The molecule has 1 aliphatic rings. The second kappa shape index (κ2) is 6.22. The first-order chi connectivity index (χ1) is 8.72. The Hall–Kier alpha value is -1.04. The van der Waals surface area contributed by atoms with E-state index in [1.165, 1.54) is 4.90 Å². The van der Waals surface area contributed by atoms with E-state index < -0.39 is 11.6 Å². The number of quaternary nitrogens is 2. The van der Waals surface area contributed by atoms with Crippen molar-refractivity contribution in [1.29, 1.82) is 0 Å². The third-order valence-electron chi connectivity index (χ3n) is 3.62. The topological polar surface area (TPSA) is 41.3 Å². The highest BCUT2D eigenvalue weighted by molar-refractivity contribution is 5.17. The Kier molecular flexibility index (Phi) is 4.63. The lowest BCUT2D eigenvalue weighted by atomic mass is 10.1. The van der Waals surface area contributed by atoms with Gasteiger partial charge in [-0.05, 0) is 6.07 Å². The van der Waals surface area contributed by atoms with Crippen LogP contribution in [0.1, 0.15) is 12.0 Å². The van der Waals surface area contributed by atoms with Crippen molar-refractivity contribution in [2.75, 3.05) is 26.2 Å². The van der Waals surface area contributed by atoms with Crippen molar-refractivity contribution in [2.24, 2.45) is 0 Å². The minimum Gasteiger partial charge on any atom is -0.396 e. The van der Waals surface area contributed by atoms with Crippen LogP contribution in [0.5, 0.6) is 0 Å². The molecule has 4 N–H and O–H groups in total. The molecule has 3 nitrogen and oxygen atoms in total. The monoisotopic (exact) mass is 258 g/mol. The zero-order chi connectivity index (χ0) is 13.0. The number of nitrogens with two attached hydrogens (primary N) is 1. The normalized spacial score (nSPS) is 24.2. The van der Waals surface area contributed by atoms with E-state index in [1.807, 2.05) is 0 Å². The van der Waals surface area contributed by atoms with Gasteiger partial charge < -0.3 is 15.3 Å². The maximum atomic E-state index is 13.6. The van der Waals surface area contributed by atoms with Crippen molar-refractivity contribution in [3.8, 4) is 0 Å². The fourth-order valence-electron chi connectivity index (χ4n) is 2.62. The van der Waals surface area contributed by atoms with E-state index in [9.17, 15) is 8.78 Å². The first kappa shape index (κ1) is 13.4. The first-order valence-corrected chi connectivity index (χ1v) is 6.42. The van der Waals surface area contributed by atoms with Gasteiger partial charge in [0.15, 0.2) is 11.6 Å². The summed E-state index contributed by atoms with van der Waals surface area (Å²) in [6.45, 7) is 3.48. The summed E-state index contributed by atoms with van der Waals surface area (Å²) in [5, 5.41) is 11.3. The summed E-state index contributed by atoms with van der Waals surface area (Å²) in [6.07, 6.45) is 0.711. The third-order valence-corrected chi connectivity index (χ3v) is 3.62. The van der Waals surface area contributed by atoms with Crippen LogP contribution >= 0.6 is 0 Å². The van der Waals surface area contributed by atoms with Gasteiger partial charge in [0.25, 0.3) is 0 Å². The maximum absolute atomic E-state index is 13.6. The molecule has 1 aliphatic heterocycles. The van der Waals surface area contributed by atoms with Gasteiger partial charge in [0.1, 0.15) is 32.2 Å². The molecule has 2 rings (SSSR count). The molecule has 0 aromatic heterocycles. The summed E-state index contributed by atoms with van der Waals surface area (Å²) >= 11 is 0. The van der Waals surface area contributed by atoms with Gasteiger partial charge in [-0.2, -0.15) is 0 Å². The van der Waals surface area contributed by atoms with Gasteiger partial charge in [0.05, 0.1) is 0 Å². The molecule has 0 spiro atoms. The quantitative estimate of drug-likeness (QED) is 0.616. The van der Waals surface area contributed by atoms with Crippen LogP contribution in [0.2, 0.25) is 0 Å². The summed E-state index contributed by atoms with van der Waals surface area (Å²) in [5.41, 5.74) is 0.426. The average Bonchev–Trinajstić information content (AvgIpc) is 2.37. The lowest BCUT2D eigenvalue weighted by molar-refractivity contribution is -0.982. The molecule has 0 bridgehead atoms.